The lowest BCUT2D eigenvalue weighted by Gasteiger charge is -2.14. The molecule has 0 bridgehead atoms. The minimum absolute atomic E-state index is 0.0898. The minimum atomic E-state index is -0.0898. The molecule has 7 heteroatoms. The van der Waals surface area contributed by atoms with Crippen LogP contribution in [0.5, 0.6) is 17.2 Å². The highest BCUT2D eigenvalue weighted by Gasteiger charge is 2.16. The van der Waals surface area contributed by atoms with Gasteiger partial charge in [-0.15, -0.1) is 0 Å². The van der Waals surface area contributed by atoms with Crippen LogP contribution in [0.2, 0.25) is 0 Å². The number of aromatic nitrogens is 3. The Hall–Kier alpha value is -3.48. The molecular formula is C19H17N3O4. The summed E-state index contributed by atoms with van der Waals surface area (Å²) in [4.78, 5) is 20.3. The molecule has 4 aromatic rings. The fourth-order valence-electron chi connectivity index (χ4n) is 3.09. The number of fused-ring (bicyclic) bond motifs is 3. The van der Waals surface area contributed by atoms with Crippen molar-refractivity contribution in [3.63, 3.8) is 0 Å². The number of hydrogen-bond acceptors (Lipinski definition) is 5. The third-order valence-electron chi connectivity index (χ3n) is 4.34. The number of pyridine rings is 2. The first-order valence-corrected chi connectivity index (χ1v) is 7.95. The number of nitrogens with zero attached hydrogens (tertiary/aromatic N) is 2. The lowest BCUT2D eigenvalue weighted by atomic mass is 10.1. The molecule has 0 saturated carbocycles. The zero-order valence-electron chi connectivity index (χ0n) is 14.6. The second kappa shape index (κ2) is 6.11. The van der Waals surface area contributed by atoms with E-state index in [0.717, 1.165) is 5.56 Å². The molecular weight excluding hydrogens is 334 g/mol. The van der Waals surface area contributed by atoms with Gasteiger partial charge in [-0.05, 0) is 18.2 Å². The highest BCUT2D eigenvalue weighted by Crippen LogP contribution is 2.40. The van der Waals surface area contributed by atoms with Gasteiger partial charge in [0.15, 0.2) is 22.6 Å². The summed E-state index contributed by atoms with van der Waals surface area (Å²) in [7, 11) is 4.66. The van der Waals surface area contributed by atoms with Gasteiger partial charge in [0, 0.05) is 30.2 Å². The number of aromatic amines is 1. The van der Waals surface area contributed by atoms with Gasteiger partial charge in [0.2, 0.25) is 5.75 Å². The van der Waals surface area contributed by atoms with Crippen molar-refractivity contribution in [2.24, 2.45) is 0 Å². The number of rotatable bonds is 4. The third kappa shape index (κ3) is 2.36. The maximum Gasteiger partial charge on any atom is 0.203 e. The SMILES string of the molecule is COc1cc(-c2cc(=O)c3ccn4ccnc4c3[nH]2)cc(OC)c1OC. The van der Waals surface area contributed by atoms with Crippen molar-refractivity contribution in [1.82, 2.24) is 14.4 Å². The van der Waals surface area contributed by atoms with Crippen LogP contribution < -0.4 is 19.6 Å². The first-order chi connectivity index (χ1) is 12.7. The molecule has 0 aliphatic carbocycles. The van der Waals surface area contributed by atoms with E-state index in [1.54, 1.807) is 51.8 Å². The third-order valence-corrected chi connectivity index (χ3v) is 4.34. The van der Waals surface area contributed by atoms with Crippen LogP contribution in [0, 0.1) is 0 Å². The Kier molecular flexibility index (Phi) is 3.76. The summed E-state index contributed by atoms with van der Waals surface area (Å²) in [5, 5.41) is 0.583. The van der Waals surface area contributed by atoms with E-state index in [1.807, 2.05) is 16.8 Å². The summed E-state index contributed by atoms with van der Waals surface area (Å²) in [6, 6.07) is 6.93. The molecule has 26 heavy (non-hydrogen) atoms. The first-order valence-electron chi connectivity index (χ1n) is 7.95. The van der Waals surface area contributed by atoms with Gasteiger partial charge in [-0.3, -0.25) is 4.79 Å². The summed E-state index contributed by atoms with van der Waals surface area (Å²) in [6.07, 6.45) is 5.34. The maximum atomic E-state index is 12.6. The topological polar surface area (TPSA) is 77.9 Å². The van der Waals surface area contributed by atoms with E-state index in [-0.39, 0.29) is 5.43 Å². The summed E-state index contributed by atoms with van der Waals surface area (Å²) in [6.45, 7) is 0. The number of imidazole rings is 1. The van der Waals surface area contributed by atoms with Crippen molar-refractivity contribution >= 4 is 16.6 Å². The Bertz CT molecular complexity index is 1150. The number of benzene rings is 1. The van der Waals surface area contributed by atoms with Crippen LogP contribution in [-0.4, -0.2) is 35.7 Å². The Labute approximate surface area is 148 Å². The van der Waals surface area contributed by atoms with Crippen LogP contribution in [-0.2, 0) is 0 Å². The first kappa shape index (κ1) is 16.0. The van der Waals surface area contributed by atoms with Gasteiger partial charge >= 0.3 is 0 Å². The van der Waals surface area contributed by atoms with Gasteiger partial charge in [0.1, 0.15) is 0 Å². The van der Waals surface area contributed by atoms with Gasteiger partial charge in [0.25, 0.3) is 0 Å². The Morgan fingerprint density at radius 2 is 1.73 bits per heavy atom. The van der Waals surface area contributed by atoms with Gasteiger partial charge < -0.3 is 23.6 Å². The largest absolute Gasteiger partial charge is 0.493 e. The average Bonchev–Trinajstić information content (AvgIpc) is 3.15. The van der Waals surface area contributed by atoms with Crippen molar-refractivity contribution in [3.8, 4) is 28.5 Å². The van der Waals surface area contributed by atoms with Crippen LogP contribution in [0.25, 0.3) is 27.8 Å². The molecule has 0 amide bonds. The van der Waals surface area contributed by atoms with E-state index in [0.29, 0.717) is 39.5 Å². The fourth-order valence-corrected chi connectivity index (χ4v) is 3.09. The molecule has 0 atom stereocenters. The van der Waals surface area contributed by atoms with Gasteiger partial charge in [-0.1, -0.05) is 0 Å². The average molecular weight is 351 g/mol. The van der Waals surface area contributed by atoms with E-state index in [2.05, 4.69) is 9.97 Å². The highest BCUT2D eigenvalue weighted by molar-refractivity contribution is 5.91. The van der Waals surface area contributed by atoms with E-state index in [1.165, 1.54) is 0 Å². The lowest BCUT2D eigenvalue weighted by Crippen LogP contribution is -2.05. The molecule has 3 heterocycles. The number of methoxy groups -OCH3 is 3. The summed E-state index contributed by atoms with van der Waals surface area (Å²) >= 11 is 0. The Balaban J connectivity index is 2.01. The molecule has 1 N–H and O–H groups in total. The number of hydrogen-bond donors (Lipinski definition) is 1. The predicted molar refractivity (Wildman–Crippen MR) is 98.4 cm³/mol. The van der Waals surface area contributed by atoms with Gasteiger partial charge in [0.05, 0.1) is 37.9 Å². The minimum Gasteiger partial charge on any atom is -0.493 e. The van der Waals surface area contributed by atoms with Crippen molar-refractivity contribution in [3.05, 3.63) is 53.1 Å². The van der Waals surface area contributed by atoms with Crippen LogP contribution in [0.1, 0.15) is 0 Å². The number of nitrogens with one attached hydrogen (secondary N) is 1. The van der Waals surface area contributed by atoms with E-state index in [9.17, 15) is 4.79 Å². The molecule has 0 aliphatic heterocycles. The maximum absolute atomic E-state index is 12.6. The van der Waals surface area contributed by atoms with Crippen molar-refractivity contribution in [2.75, 3.05) is 21.3 Å². The quantitative estimate of drug-likeness (QED) is 0.612. The van der Waals surface area contributed by atoms with E-state index >= 15 is 0 Å². The van der Waals surface area contributed by atoms with E-state index < -0.39 is 0 Å². The van der Waals surface area contributed by atoms with Crippen LogP contribution in [0.15, 0.2) is 47.7 Å². The molecule has 0 saturated heterocycles. The van der Waals surface area contributed by atoms with Crippen LogP contribution in [0.3, 0.4) is 0 Å². The second-order valence-corrected chi connectivity index (χ2v) is 5.72. The van der Waals surface area contributed by atoms with Crippen molar-refractivity contribution in [1.29, 1.82) is 0 Å². The molecule has 132 valence electrons. The zero-order valence-corrected chi connectivity index (χ0v) is 14.6. The smallest absolute Gasteiger partial charge is 0.203 e. The monoisotopic (exact) mass is 351 g/mol. The molecule has 0 aliphatic rings. The molecule has 4 rings (SSSR count). The van der Waals surface area contributed by atoms with Gasteiger partial charge in [-0.2, -0.15) is 0 Å². The van der Waals surface area contributed by atoms with Crippen LogP contribution in [0.4, 0.5) is 0 Å². The Morgan fingerprint density at radius 3 is 2.38 bits per heavy atom. The molecule has 3 aromatic heterocycles. The predicted octanol–water partition coefficient (Wildman–Crippen LogP) is 2.87. The standard InChI is InChI=1S/C19H17N3O4/c1-24-15-8-11(9-16(25-2)18(15)26-3)13-10-14(23)12-4-6-22-7-5-20-19(22)17(12)21-13/h4-10H,1-3H3,(H,21,23). The normalized spacial score (nSPS) is 11.0. The Morgan fingerprint density at radius 1 is 1.00 bits per heavy atom. The molecule has 0 spiro atoms. The summed E-state index contributed by atoms with van der Waals surface area (Å²) in [5.74, 6) is 1.53. The van der Waals surface area contributed by atoms with Crippen molar-refractivity contribution in [2.45, 2.75) is 0 Å². The number of ether oxygens (including phenoxy) is 3. The highest BCUT2D eigenvalue weighted by atomic mass is 16.5. The zero-order chi connectivity index (χ0) is 18.3. The molecule has 0 radical (unpaired) electrons. The van der Waals surface area contributed by atoms with Crippen LogP contribution >= 0.6 is 0 Å². The second-order valence-electron chi connectivity index (χ2n) is 5.72. The van der Waals surface area contributed by atoms with Crippen molar-refractivity contribution < 1.29 is 14.2 Å². The molecule has 1 aromatic carbocycles. The lowest BCUT2D eigenvalue weighted by molar-refractivity contribution is 0.324. The van der Waals surface area contributed by atoms with E-state index in [4.69, 9.17) is 14.2 Å². The number of H-pyrrole nitrogens is 1. The summed E-state index contributed by atoms with van der Waals surface area (Å²) < 4.78 is 18.0. The summed E-state index contributed by atoms with van der Waals surface area (Å²) in [5.41, 5.74) is 2.65. The molecule has 0 fully saturated rings. The fraction of sp³-hybridized carbons (Fsp3) is 0.158. The molecule has 0 unspecified atom stereocenters. The van der Waals surface area contributed by atoms with Gasteiger partial charge in [-0.25, -0.2) is 4.98 Å². The molecule has 7 nitrogen and oxygen atoms in total.